The largest absolute Gasteiger partial charge is 0.462 e. The molecular formula is C20H17Br2NO4. The van der Waals surface area contributed by atoms with Gasteiger partial charge in [0.2, 0.25) is 0 Å². The number of esters is 2. The standard InChI is InChI=1S/C20H17Br2NO4/c1-4-26-20(25)19-11(2)23(14-7-5-13(21)6-8-14)17-10-16(22)18(9-15(17)19)27-12(3)24/h5-10H,4H2,1-3H3. The highest BCUT2D eigenvalue weighted by molar-refractivity contribution is 9.10. The van der Waals surface area contributed by atoms with E-state index in [4.69, 9.17) is 9.47 Å². The molecule has 0 N–H and O–H groups in total. The van der Waals surface area contributed by atoms with Crippen LogP contribution in [0.25, 0.3) is 16.6 Å². The Morgan fingerprint density at radius 3 is 2.37 bits per heavy atom. The summed E-state index contributed by atoms with van der Waals surface area (Å²) in [5.74, 6) is -0.489. The molecular weight excluding hydrogens is 478 g/mol. The second-order valence-electron chi connectivity index (χ2n) is 5.89. The molecule has 0 aliphatic carbocycles. The van der Waals surface area contributed by atoms with Gasteiger partial charge in [0.05, 0.1) is 22.2 Å². The fraction of sp³-hybridized carbons (Fsp3) is 0.200. The molecule has 0 aliphatic heterocycles. The zero-order valence-corrected chi connectivity index (χ0v) is 18.2. The number of hydrogen-bond acceptors (Lipinski definition) is 4. The second kappa shape index (κ2) is 7.86. The highest BCUT2D eigenvalue weighted by Crippen LogP contribution is 2.37. The van der Waals surface area contributed by atoms with Gasteiger partial charge < -0.3 is 14.0 Å². The average molecular weight is 495 g/mol. The molecule has 0 saturated heterocycles. The summed E-state index contributed by atoms with van der Waals surface area (Å²) in [7, 11) is 0. The first-order valence-electron chi connectivity index (χ1n) is 8.29. The van der Waals surface area contributed by atoms with Crippen molar-refractivity contribution in [3.8, 4) is 11.4 Å². The third-order valence-electron chi connectivity index (χ3n) is 4.08. The summed E-state index contributed by atoms with van der Waals surface area (Å²) in [5, 5.41) is 0.660. The Balaban J connectivity index is 2.33. The Hall–Kier alpha value is -2.12. The smallest absolute Gasteiger partial charge is 0.340 e. The van der Waals surface area contributed by atoms with Crippen molar-refractivity contribution in [3.05, 3.63) is 56.6 Å². The van der Waals surface area contributed by atoms with Gasteiger partial charge in [0.15, 0.2) is 0 Å². The van der Waals surface area contributed by atoms with E-state index in [0.29, 0.717) is 21.2 Å². The molecule has 0 atom stereocenters. The van der Waals surface area contributed by atoms with Crippen LogP contribution in [0.1, 0.15) is 29.9 Å². The van der Waals surface area contributed by atoms with Crippen LogP contribution in [-0.4, -0.2) is 23.1 Å². The molecule has 27 heavy (non-hydrogen) atoms. The molecule has 3 rings (SSSR count). The summed E-state index contributed by atoms with van der Waals surface area (Å²) in [5.41, 5.74) is 2.91. The van der Waals surface area contributed by atoms with E-state index in [2.05, 4.69) is 31.9 Å². The van der Waals surface area contributed by atoms with Crippen molar-refractivity contribution >= 4 is 54.7 Å². The van der Waals surface area contributed by atoms with Crippen molar-refractivity contribution in [3.63, 3.8) is 0 Å². The molecule has 0 amide bonds. The molecule has 0 saturated carbocycles. The first kappa shape index (κ1) is 19.6. The Bertz CT molecular complexity index is 1040. The van der Waals surface area contributed by atoms with Crippen LogP contribution in [0.3, 0.4) is 0 Å². The van der Waals surface area contributed by atoms with E-state index in [0.717, 1.165) is 21.4 Å². The third-order valence-corrected chi connectivity index (χ3v) is 5.22. The Labute approximate surface area is 173 Å². The minimum absolute atomic E-state index is 0.274. The van der Waals surface area contributed by atoms with Crippen LogP contribution in [-0.2, 0) is 9.53 Å². The number of benzene rings is 2. The molecule has 3 aromatic rings. The summed E-state index contributed by atoms with van der Waals surface area (Å²) in [4.78, 5) is 24.0. The van der Waals surface area contributed by atoms with Crippen LogP contribution in [0.2, 0.25) is 0 Å². The lowest BCUT2D eigenvalue weighted by molar-refractivity contribution is -0.131. The second-order valence-corrected chi connectivity index (χ2v) is 7.66. The number of hydrogen-bond donors (Lipinski definition) is 0. The van der Waals surface area contributed by atoms with E-state index in [1.165, 1.54) is 6.92 Å². The van der Waals surface area contributed by atoms with Crippen molar-refractivity contribution < 1.29 is 19.1 Å². The number of halogens is 2. The molecule has 2 aromatic carbocycles. The van der Waals surface area contributed by atoms with Gasteiger partial charge in [-0.3, -0.25) is 4.79 Å². The summed E-state index contributed by atoms with van der Waals surface area (Å²) < 4.78 is 14.1. The third kappa shape index (κ3) is 3.80. The molecule has 5 nitrogen and oxygen atoms in total. The average Bonchev–Trinajstić information content (AvgIpc) is 2.87. The topological polar surface area (TPSA) is 57.5 Å². The zero-order chi connectivity index (χ0) is 19.7. The van der Waals surface area contributed by atoms with Gasteiger partial charge >= 0.3 is 11.9 Å². The normalized spacial score (nSPS) is 10.9. The lowest BCUT2D eigenvalue weighted by atomic mass is 10.1. The van der Waals surface area contributed by atoms with E-state index >= 15 is 0 Å². The van der Waals surface area contributed by atoms with Gasteiger partial charge in [0.25, 0.3) is 0 Å². The molecule has 0 aliphatic rings. The number of ether oxygens (including phenoxy) is 2. The highest BCUT2D eigenvalue weighted by atomic mass is 79.9. The number of nitrogens with zero attached hydrogens (tertiary/aromatic N) is 1. The molecule has 0 unspecified atom stereocenters. The van der Waals surface area contributed by atoms with Gasteiger partial charge in [0, 0.05) is 28.2 Å². The van der Waals surface area contributed by atoms with E-state index in [9.17, 15) is 9.59 Å². The van der Waals surface area contributed by atoms with Gasteiger partial charge in [-0.2, -0.15) is 0 Å². The number of fused-ring (bicyclic) bond motifs is 1. The lowest BCUT2D eigenvalue weighted by Crippen LogP contribution is -2.07. The van der Waals surface area contributed by atoms with E-state index in [1.54, 1.807) is 13.0 Å². The Morgan fingerprint density at radius 1 is 1.11 bits per heavy atom. The van der Waals surface area contributed by atoms with E-state index in [-0.39, 0.29) is 6.61 Å². The molecule has 0 spiro atoms. The number of aromatic nitrogens is 1. The molecule has 0 radical (unpaired) electrons. The fourth-order valence-corrected chi connectivity index (χ4v) is 3.71. The van der Waals surface area contributed by atoms with Crippen molar-refractivity contribution in [2.45, 2.75) is 20.8 Å². The van der Waals surface area contributed by atoms with Crippen molar-refractivity contribution in [2.75, 3.05) is 6.61 Å². The maximum Gasteiger partial charge on any atom is 0.340 e. The predicted molar refractivity (Wildman–Crippen MR) is 111 cm³/mol. The first-order valence-corrected chi connectivity index (χ1v) is 9.88. The van der Waals surface area contributed by atoms with Crippen LogP contribution >= 0.6 is 31.9 Å². The van der Waals surface area contributed by atoms with Crippen molar-refractivity contribution in [2.24, 2.45) is 0 Å². The minimum Gasteiger partial charge on any atom is -0.462 e. The van der Waals surface area contributed by atoms with Crippen LogP contribution in [0.5, 0.6) is 5.75 Å². The van der Waals surface area contributed by atoms with Crippen LogP contribution < -0.4 is 4.74 Å². The highest BCUT2D eigenvalue weighted by Gasteiger charge is 2.23. The van der Waals surface area contributed by atoms with Gasteiger partial charge in [-0.15, -0.1) is 0 Å². The molecule has 0 bridgehead atoms. The van der Waals surface area contributed by atoms with Crippen molar-refractivity contribution in [1.82, 2.24) is 4.57 Å². The van der Waals surface area contributed by atoms with Gasteiger partial charge in [-0.05, 0) is 66.2 Å². The maximum absolute atomic E-state index is 12.6. The minimum atomic E-state index is -0.434. The quantitative estimate of drug-likeness (QED) is 0.351. The maximum atomic E-state index is 12.6. The SMILES string of the molecule is CCOC(=O)c1c(C)n(-c2ccc(Br)cc2)c2cc(Br)c(OC(C)=O)cc12. The van der Waals surface area contributed by atoms with Gasteiger partial charge in [-0.1, -0.05) is 15.9 Å². The van der Waals surface area contributed by atoms with E-state index < -0.39 is 11.9 Å². The number of carbonyl (C=O) groups is 2. The molecule has 1 heterocycles. The van der Waals surface area contributed by atoms with Crippen LogP contribution in [0.15, 0.2) is 45.3 Å². The fourth-order valence-electron chi connectivity index (χ4n) is 3.03. The number of carbonyl (C=O) groups excluding carboxylic acids is 2. The van der Waals surface area contributed by atoms with E-state index in [1.807, 2.05) is 41.8 Å². The van der Waals surface area contributed by atoms with Gasteiger partial charge in [-0.25, -0.2) is 4.79 Å². The number of rotatable bonds is 4. The Kier molecular flexibility index (Phi) is 5.72. The van der Waals surface area contributed by atoms with Crippen LogP contribution in [0, 0.1) is 6.92 Å². The molecule has 7 heteroatoms. The van der Waals surface area contributed by atoms with Crippen molar-refractivity contribution in [1.29, 1.82) is 0 Å². The zero-order valence-electron chi connectivity index (χ0n) is 15.0. The first-order chi connectivity index (χ1) is 12.8. The lowest BCUT2D eigenvalue weighted by Gasteiger charge is -2.10. The molecule has 0 fully saturated rings. The summed E-state index contributed by atoms with van der Waals surface area (Å²) in [6, 6.07) is 11.3. The van der Waals surface area contributed by atoms with Crippen LogP contribution in [0.4, 0.5) is 0 Å². The summed E-state index contributed by atoms with van der Waals surface area (Å²) in [6.07, 6.45) is 0. The predicted octanol–water partition coefficient (Wildman–Crippen LogP) is 5.57. The van der Waals surface area contributed by atoms with Gasteiger partial charge in [0.1, 0.15) is 5.75 Å². The summed E-state index contributed by atoms with van der Waals surface area (Å²) in [6.45, 7) is 5.24. The Morgan fingerprint density at radius 2 is 1.78 bits per heavy atom. The summed E-state index contributed by atoms with van der Waals surface area (Å²) >= 11 is 6.89. The molecule has 1 aromatic heterocycles. The molecule has 140 valence electrons. The monoisotopic (exact) mass is 493 g/mol.